The van der Waals surface area contributed by atoms with E-state index < -0.39 is 5.79 Å². The van der Waals surface area contributed by atoms with Crippen LogP contribution in [-0.4, -0.2) is 16.2 Å². The molecule has 0 radical (unpaired) electrons. The summed E-state index contributed by atoms with van der Waals surface area (Å²) in [6.07, 6.45) is 8.72. The first-order valence-electron chi connectivity index (χ1n) is 8.34. The topological polar surface area (TPSA) is 128 Å². The Labute approximate surface area is 146 Å². The molecule has 1 unspecified atom stereocenters. The number of aromatic nitrogens is 2. The second-order valence-electron chi connectivity index (χ2n) is 6.61. The van der Waals surface area contributed by atoms with Gasteiger partial charge in [-0.3, -0.25) is 5.73 Å². The van der Waals surface area contributed by atoms with E-state index >= 15 is 0 Å². The number of aliphatic imine (C=N–C) groups is 1. The minimum atomic E-state index is -1.06. The Morgan fingerprint density at radius 1 is 1.16 bits per heavy atom. The molecular formula is C18H21N7. The number of benzene rings is 1. The third kappa shape index (κ3) is 3.18. The number of nitrogens with one attached hydrogen (secondary N) is 1. The largest absolute Gasteiger partial charge is 0.399 e. The van der Waals surface area contributed by atoms with Crippen LogP contribution in [0.4, 0.5) is 11.6 Å². The fourth-order valence-electron chi connectivity index (χ4n) is 2.96. The highest BCUT2D eigenvalue weighted by atomic mass is 15.3. The lowest BCUT2D eigenvalue weighted by atomic mass is 10.0. The predicted octanol–water partition coefficient (Wildman–Crippen LogP) is 1.38. The monoisotopic (exact) mass is 335 g/mol. The molecule has 25 heavy (non-hydrogen) atoms. The zero-order valence-corrected chi connectivity index (χ0v) is 13.8. The molecule has 7 N–H and O–H groups in total. The van der Waals surface area contributed by atoms with Crippen molar-refractivity contribution in [1.82, 2.24) is 15.3 Å². The smallest absolute Gasteiger partial charge is 0.220 e. The van der Waals surface area contributed by atoms with Gasteiger partial charge in [-0.25, -0.2) is 15.0 Å². The van der Waals surface area contributed by atoms with E-state index in [9.17, 15) is 0 Å². The first kappa shape index (κ1) is 15.6. The van der Waals surface area contributed by atoms with Crippen LogP contribution in [-0.2, 0) is 12.2 Å². The molecular weight excluding hydrogens is 314 g/mol. The van der Waals surface area contributed by atoms with E-state index in [1.165, 1.54) is 12.8 Å². The highest BCUT2D eigenvalue weighted by molar-refractivity contribution is 5.86. The van der Waals surface area contributed by atoms with E-state index in [2.05, 4.69) is 20.3 Å². The SMILES string of the molecule is Nc1ccc(C2(N)N=CC=C(c3cnc(N)nc3CC3CC3)N2)cc1. The minimum absolute atomic E-state index is 0.294. The summed E-state index contributed by atoms with van der Waals surface area (Å²) in [6, 6.07) is 7.36. The molecule has 1 aliphatic carbocycles. The molecule has 0 bridgehead atoms. The summed E-state index contributed by atoms with van der Waals surface area (Å²) < 4.78 is 0. The van der Waals surface area contributed by atoms with Crippen LogP contribution < -0.4 is 22.5 Å². The molecule has 7 nitrogen and oxygen atoms in total. The maximum atomic E-state index is 6.50. The molecule has 2 aromatic rings. The Morgan fingerprint density at radius 2 is 1.92 bits per heavy atom. The number of hydrogen-bond donors (Lipinski definition) is 4. The third-order valence-electron chi connectivity index (χ3n) is 4.55. The van der Waals surface area contributed by atoms with Crippen LogP contribution in [0.25, 0.3) is 5.70 Å². The molecule has 7 heteroatoms. The number of anilines is 2. The summed E-state index contributed by atoms with van der Waals surface area (Å²) in [7, 11) is 0. The molecule has 1 aromatic carbocycles. The molecule has 1 atom stereocenters. The van der Waals surface area contributed by atoms with Gasteiger partial charge in [-0.1, -0.05) is 12.1 Å². The molecule has 1 aromatic heterocycles. The summed E-state index contributed by atoms with van der Waals surface area (Å²) in [5.41, 5.74) is 22.3. The molecule has 4 rings (SSSR count). The van der Waals surface area contributed by atoms with E-state index in [1.807, 2.05) is 30.3 Å². The lowest BCUT2D eigenvalue weighted by Crippen LogP contribution is -2.49. The van der Waals surface area contributed by atoms with E-state index in [0.717, 1.165) is 28.9 Å². The third-order valence-corrected chi connectivity index (χ3v) is 4.55. The Balaban J connectivity index is 1.66. The van der Waals surface area contributed by atoms with E-state index in [0.29, 0.717) is 17.6 Å². The van der Waals surface area contributed by atoms with E-state index in [1.54, 1.807) is 12.4 Å². The van der Waals surface area contributed by atoms with Crippen LogP contribution in [0, 0.1) is 5.92 Å². The van der Waals surface area contributed by atoms with Gasteiger partial charge in [-0.15, -0.1) is 0 Å². The van der Waals surface area contributed by atoms with Gasteiger partial charge in [0, 0.05) is 34.9 Å². The zero-order chi connectivity index (χ0) is 17.4. The van der Waals surface area contributed by atoms with Crippen LogP contribution in [0.5, 0.6) is 0 Å². The van der Waals surface area contributed by atoms with Crippen LogP contribution in [0.1, 0.15) is 29.7 Å². The quantitative estimate of drug-likeness (QED) is 0.625. The molecule has 128 valence electrons. The molecule has 0 spiro atoms. The number of rotatable bonds is 4. The number of nitrogens with two attached hydrogens (primary N) is 3. The molecule has 0 saturated heterocycles. The molecule has 2 heterocycles. The van der Waals surface area contributed by atoms with Crippen molar-refractivity contribution in [1.29, 1.82) is 0 Å². The van der Waals surface area contributed by atoms with Gasteiger partial charge in [0.2, 0.25) is 11.7 Å². The maximum Gasteiger partial charge on any atom is 0.220 e. The van der Waals surface area contributed by atoms with Crippen molar-refractivity contribution in [2.45, 2.75) is 25.0 Å². The fourth-order valence-corrected chi connectivity index (χ4v) is 2.96. The summed E-state index contributed by atoms with van der Waals surface area (Å²) in [5.74, 6) is -0.0802. The van der Waals surface area contributed by atoms with Gasteiger partial charge in [0.05, 0.1) is 5.69 Å². The number of allylic oxidation sites excluding steroid dienone is 1. The molecule has 2 aliphatic rings. The molecule has 0 amide bonds. The van der Waals surface area contributed by atoms with Crippen LogP contribution >= 0.6 is 0 Å². The zero-order valence-electron chi connectivity index (χ0n) is 13.8. The van der Waals surface area contributed by atoms with Crippen molar-refractivity contribution < 1.29 is 0 Å². The lowest BCUT2D eigenvalue weighted by Gasteiger charge is -2.32. The fraction of sp³-hybridized carbons (Fsp3) is 0.278. The van der Waals surface area contributed by atoms with Crippen LogP contribution in [0.15, 0.2) is 41.5 Å². The van der Waals surface area contributed by atoms with Crippen LogP contribution in [0.2, 0.25) is 0 Å². The Kier molecular flexibility index (Phi) is 3.65. The van der Waals surface area contributed by atoms with Gasteiger partial charge in [-0.05, 0) is 43.4 Å². The van der Waals surface area contributed by atoms with E-state index in [4.69, 9.17) is 17.2 Å². The van der Waals surface area contributed by atoms with Crippen molar-refractivity contribution in [3.8, 4) is 0 Å². The molecule has 1 aliphatic heterocycles. The summed E-state index contributed by atoms with van der Waals surface area (Å²) in [6.45, 7) is 0. The normalized spacial score (nSPS) is 22.4. The first-order valence-corrected chi connectivity index (χ1v) is 8.34. The number of nitrogen functional groups attached to an aromatic ring is 2. The summed E-state index contributed by atoms with van der Waals surface area (Å²) in [4.78, 5) is 13.0. The number of hydrogen-bond acceptors (Lipinski definition) is 7. The van der Waals surface area contributed by atoms with Gasteiger partial charge < -0.3 is 16.8 Å². The van der Waals surface area contributed by atoms with Gasteiger partial charge in [0.25, 0.3) is 0 Å². The van der Waals surface area contributed by atoms with E-state index in [-0.39, 0.29) is 0 Å². The van der Waals surface area contributed by atoms with Gasteiger partial charge in [0.15, 0.2) is 0 Å². The van der Waals surface area contributed by atoms with Crippen molar-refractivity contribution in [2.24, 2.45) is 16.6 Å². The molecule has 1 saturated carbocycles. The number of nitrogens with zero attached hydrogens (tertiary/aromatic N) is 3. The van der Waals surface area contributed by atoms with Crippen molar-refractivity contribution in [2.75, 3.05) is 11.5 Å². The highest BCUT2D eigenvalue weighted by Crippen LogP contribution is 2.34. The Hall–Kier alpha value is -2.93. The van der Waals surface area contributed by atoms with Gasteiger partial charge >= 0.3 is 0 Å². The standard InChI is InChI=1S/C18H21N7/c19-13-5-3-12(4-6-13)18(21)23-8-7-15(25-18)14-10-22-17(20)24-16(14)9-11-1-2-11/h3-8,10-11,25H,1-2,9,19,21H2,(H2,20,22,24). The van der Waals surface area contributed by atoms with Crippen molar-refractivity contribution in [3.05, 3.63) is 53.4 Å². The van der Waals surface area contributed by atoms with Gasteiger partial charge in [-0.2, -0.15) is 0 Å². The van der Waals surface area contributed by atoms with Crippen LogP contribution in [0.3, 0.4) is 0 Å². The second-order valence-corrected chi connectivity index (χ2v) is 6.61. The summed E-state index contributed by atoms with van der Waals surface area (Å²) >= 11 is 0. The highest BCUT2D eigenvalue weighted by Gasteiger charge is 2.31. The van der Waals surface area contributed by atoms with Crippen molar-refractivity contribution >= 4 is 23.5 Å². The Morgan fingerprint density at radius 3 is 2.64 bits per heavy atom. The first-order chi connectivity index (χ1) is 12.0. The second kappa shape index (κ2) is 5.86. The minimum Gasteiger partial charge on any atom is -0.399 e. The predicted molar refractivity (Wildman–Crippen MR) is 99.2 cm³/mol. The average molecular weight is 335 g/mol. The van der Waals surface area contributed by atoms with Crippen molar-refractivity contribution in [3.63, 3.8) is 0 Å². The maximum absolute atomic E-state index is 6.50. The lowest BCUT2D eigenvalue weighted by molar-refractivity contribution is 0.421. The van der Waals surface area contributed by atoms with Gasteiger partial charge in [0.1, 0.15) is 0 Å². The summed E-state index contributed by atoms with van der Waals surface area (Å²) in [5, 5.41) is 3.31. The Bertz CT molecular complexity index is 852. The average Bonchev–Trinajstić information content (AvgIpc) is 3.39. The molecule has 1 fully saturated rings.